The summed E-state index contributed by atoms with van der Waals surface area (Å²) in [7, 11) is 0. The molecule has 0 saturated carbocycles. The van der Waals surface area contributed by atoms with Crippen LogP contribution >= 0.6 is 11.3 Å². The van der Waals surface area contributed by atoms with E-state index < -0.39 is 0 Å². The Bertz CT molecular complexity index is 743. The van der Waals surface area contributed by atoms with Crippen LogP contribution in [0.15, 0.2) is 11.4 Å². The van der Waals surface area contributed by atoms with E-state index in [0.29, 0.717) is 10.4 Å². The van der Waals surface area contributed by atoms with Crippen molar-refractivity contribution in [2.45, 2.75) is 52.5 Å². The molecule has 1 unspecified atom stereocenters. The Morgan fingerprint density at radius 3 is 2.71 bits per heavy atom. The minimum absolute atomic E-state index is 0.000704. The summed E-state index contributed by atoms with van der Waals surface area (Å²) < 4.78 is 0. The van der Waals surface area contributed by atoms with Gasteiger partial charge in [-0.2, -0.15) is 5.10 Å². The molecule has 3 rings (SSSR count). The fourth-order valence-corrected chi connectivity index (χ4v) is 4.38. The predicted molar refractivity (Wildman–Crippen MR) is 94.6 cm³/mol. The first-order chi connectivity index (χ1) is 11.5. The highest BCUT2D eigenvalue weighted by atomic mass is 32.1. The largest absolute Gasteiger partial charge is 0.331 e. The molecule has 0 bridgehead atoms. The van der Waals surface area contributed by atoms with Crippen LogP contribution in [0.3, 0.4) is 0 Å². The van der Waals surface area contributed by atoms with Gasteiger partial charge in [-0.15, -0.1) is 11.3 Å². The Labute approximate surface area is 146 Å². The second kappa shape index (κ2) is 6.89. The molecule has 1 aliphatic rings. The average Bonchev–Trinajstić information content (AvgIpc) is 3.08. The van der Waals surface area contributed by atoms with Gasteiger partial charge in [0.05, 0.1) is 16.6 Å². The zero-order chi connectivity index (χ0) is 17.3. The third-order valence-electron chi connectivity index (χ3n) is 4.75. The highest BCUT2D eigenvalue weighted by Crippen LogP contribution is 2.34. The first kappa shape index (κ1) is 16.9. The number of carbonyl (C=O) groups is 2. The van der Waals surface area contributed by atoms with E-state index in [2.05, 4.69) is 10.2 Å². The van der Waals surface area contributed by atoms with Crippen molar-refractivity contribution in [3.63, 3.8) is 0 Å². The number of hydrogen-bond acceptors (Lipinski definition) is 4. The lowest BCUT2D eigenvalue weighted by Crippen LogP contribution is -2.34. The van der Waals surface area contributed by atoms with Crippen LogP contribution in [0.25, 0.3) is 0 Å². The van der Waals surface area contributed by atoms with Crippen LogP contribution in [0, 0.1) is 13.8 Å². The molecule has 0 aromatic carbocycles. The van der Waals surface area contributed by atoms with Crippen LogP contribution in [-0.2, 0) is 0 Å². The van der Waals surface area contributed by atoms with Crippen molar-refractivity contribution in [3.05, 3.63) is 38.8 Å². The molecule has 6 heteroatoms. The van der Waals surface area contributed by atoms with Crippen LogP contribution in [-0.4, -0.2) is 33.3 Å². The molecule has 5 nitrogen and oxygen atoms in total. The number of amides is 1. The quantitative estimate of drug-likeness (QED) is 0.854. The van der Waals surface area contributed by atoms with E-state index in [0.717, 1.165) is 49.2 Å². The molecule has 1 aliphatic heterocycles. The summed E-state index contributed by atoms with van der Waals surface area (Å²) in [4.78, 5) is 27.3. The van der Waals surface area contributed by atoms with Gasteiger partial charge in [-0.05, 0) is 39.7 Å². The van der Waals surface area contributed by atoms with E-state index in [-0.39, 0.29) is 17.7 Å². The number of nitrogens with one attached hydrogen (secondary N) is 1. The molecule has 1 fully saturated rings. The lowest BCUT2D eigenvalue weighted by atomic mass is 9.98. The molecule has 0 radical (unpaired) electrons. The van der Waals surface area contributed by atoms with E-state index >= 15 is 0 Å². The van der Waals surface area contributed by atoms with Gasteiger partial charge in [0.2, 0.25) is 0 Å². The van der Waals surface area contributed by atoms with E-state index in [1.165, 1.54) is 18.3 Å². The monoisotopic (exact) mass is 345 g/mol. The molecule has 2 aromatic rings. The molecule has 1 atom stereocenters. The molecular weight excluding hydrogens is 322 g/mol. The van der Waals surface area contributed by atoms with E-state index in [1.807, 2.05) is 18.7 Å². The highest BCUT2D eigenvalue weighted by molar-refractivity contribution is 7.12. The number of carbonyl (C=O) groups excluding carboxylic acids is 2. The summed E-state index contributed by atoms with van der Waals surface area (Å²) >= 11 is 1.36. The van der Waals surface area contributed by atoms with Crippen molar-refractivity contribution in [2.24, 2.45) is 0 Å². The number of likely N-dealkylation sites (tertiary alicyclic amines) is 1. The number of hydrogen-bond donors (Lipinski definition) is 1. The van der Waals surface area contributed by atoms with Crippen molar-refractivity contribution in [3.8, 4) is 0 Å². The number of H-pyrrole nitrogens is 1. The number of rotatable bonds is 3. The van der Waals surface area contributed by atoms with E-state index in [9.17, 15) is 9.59 Å². The first-order valence-electron chi connectivity index (χ1n) is 8.41. The van der Waals surface area contributed by atoms with Crippen LogP contribution in [0.4, 0.5) is 0 Å². The molecule has 2 aromatic heterocycles. The molecule has 24 heavy (non-hydrogen) atoms. The third-order valence-corrected chi connectivity index (χ3v) is 5.67. The van der Waals surface area contributed by atoms with Crippen molar-refractivity contribution in [1.29, 1.82) is 0 Å². The molecule has 128 valence electrons. The number of thiophene rings is 1. The summed E-state index contributed by atoms with van der Waals surface area (Å²) in [6.45, 7) is 6.29. The Morgan fingerprint density at radius 2 is 2.08 bits per heavy atom. The normalized spacial score (nSPS) is 18.5. The molecule has 1 amide bonds. The van der Waals surface area contributed by atoms with Crippen molar-refractivity contribution < 1.29 is 9.59 Å². The van der Waals surface area contributed by atoms with Gasteiger partial charge >= 0.3 is 0 Å². The molecule has 0 spiro atoms. The average molecular weight is 345 g/mol. The van der Waals surface area contributed by atoms with Gasteiger partial charge in [-0.25, -0.2) is 0 Å². The summed E-state index contributed by atoms with van der Waals surface area (Å²) in [5.41, 5.74) is 3.76. The molecule has 1 saturated heterocycles. The zero-order valence-electron chi connectivity index (χ0n) is 14.4. The fraction of sp³-hybridized carbons (Fsp3) is 0.500. The number of nitrogens with zero attached hydrogens (tertiary/aromatic N) is 2. The Kier molecular flexibility index (Phi) is 4.85. The van der Waals surface area contributed by atoms with Gasteiger partial charge in [-0.1, -0.05) is 12.8 Å². The lowest BCUT2D eigenvalue weighted by Gasteiger charge is -2.30. The van der Waals surface area contributed by atoms with Crippen LogP contribution in [0.2, 0.25) is 0 Å². The second-order valence-corrected chi connectivity index (χ2v) is 7.38. The standard InChI is InChI=1S/C18H23N3O2S/c1-11-17(12(2)20-19-11)15-7-5-4-6-8-21(15)18(23)16-9-14(10-24-16)13(3)22/h9-10,15H,4-8H2,1-3H3,(H,19,20). The lowest BCUT2D eigenvalue weighted by molar-refractivity contribution is 0.0685. The summed E-state index contributed by atoms with van der Waals surface area (Å²) in [6.07, 6.45) is 4.22. The smallest absolute Gasteiger partial charge is 0.264 e. The maximum Gasteiger partial charge on any atom is 0.264 e. The Morgan fingerprint density at radius 1 is 1.29 bits per heavy atom. The predicted octanol–water partition coefficient (Wildman–Crippen LogP) is 4.05. The molecule has 3 heterocycles. The summed E-state index contributed by atoms with van der Waals surface area (Å²) in [5.74, 6) is 0.0265. The van der Waals surface area contributed by atoms with Crippen molar-refractivity contribution in [1.82, 2.24) is 15.1 Å². The number of aromatic nitrogens is 2. The Balaban J connectivity index is 1.95. The second-order valence-electron chi connectivity index (χ2n) is 6.47. The molecular formula is C18H23N3O2S. The highest BCUT2D eigenvalue weighted by Gasteiger charge is 2.31. The topological polar surface area (TPSA) is 66.1 Å². The number of aromatic amines is 1. The molecule has 0 aliphatic carbocycles. The van der Waals surface area contributed by atoms with Crippen LogP contribution < -0.4 is 0 Å². The maximum absolute atomic E-state index is 13.1. The van der Waals surface area contributed by atoms with Gasteiger partial charge < -0.3 is 4.90 Å². The van der Waals surface area contributed by atoms with E-state index in [1.54, 1.807) is 11.4 Å². The van der Waals surface area contributed by atoms with Crippen LogP contribution in [0.1, 0.15) is 75.6 Å². The number of ketones is 1. The number of aryl methyl sites for hydroxylation is 2. The van der Waals surface area contributed by atoms with Crippen LogP contribution in [0.5, 0.6) is 0 Å². The summed E-state index contributed by atoms with van der Waals surface area (Å²) in [6, 6.07) is 1.79. The maximum atomic E-state index is 13.1. The van der Waals surface area contributed by atoms with Gasteiger partial charge in [0.25, 0.3) is 5.91 Å². The van der Waals surface area contributed by atoms with Gasteiger partial charge in [0.15, 0.2) is 5.78 Å². The van der Waals surface area contributed by atoms with Gasteiger partial charge in [-0.3, -0.25) is 14.7 Å². The summed E-state index contributed by atoms with van der Waals surface area (Å²) in [5, 5.41) is 9.13. The minimum Gasteiger partial charge on any atom is -0.331 e. The van der Waals surface area contributed by atoms with Crippen molar-refractivity contribution in [2.75, 3.05) is 6.54 Å². The van der Waals surface area contributed by atoms with Crippen molar-refractivity contribution >= 4 is 23.0 Å². The zero-order valence-corrected chi connectivity index (χ0v) is 15.2. The molecule has 1 N–H and O–H groups in total. The minimum atomic E-state index is -0.000704. The van der Waals surface area contributed by atoms with E-state index in [4.69, 9.17) is 0 Å². The Hall–Kier alpha value is -1.95. The van der Waals surface area contributed by atoms with Gasteiger partial charge in [0.1, 0.15) is 0 Å². The SMILES string of the molecule is CC(=O)c1csc(C(=O)N2CCCCCC2c2c(C)n[nH]c2C)c1. The number of Topliss-reactive ketones (excluding diaryl/α,β-unsaturated/α-hetero) is 1. The fourth-order valence-electron chi connectivity index (χ4n) is 3.48. The van der Waals surface area contributed by atoms with Gasteiger partial charge in [0, 0.05) is 28.7 Å². The third kappa shape index (κ3) is 3.15. The first-order valence-corrected chi connectivity index (χ1v) is 9.29.